The van der Waals surface area contributed by atoms with E-state index in [-0.39, 0.29) is 31.2 Å². The van der Waals surface area contributed by atoms with Gasteiger partial charge in [-0.25, -0.2) is 0 Å². The van der Waals surface area contributed by atoms with Crippen LogP contribution < -0.4 is 0 Å². The third kappa shape index (κ3) is 6.44. The molecule has 0 fully saturated rings. The Hall–Kier alpha value is -1.60. The molecule has 0 aromatic carbocycles. The van der Waals surface area contributed by atoms with Crippen molar-refractivity contribution in [1.29, 1.82) is 0 Å². The largest absolute Gasteiger partial charge is 0.406 e. The third-order valence-electron chi connectivity index (χ3n) is 3.06. The third-order valence-corrected chi connectivity index (χ3v) is 3.06. The Labute approximate surface area is 127 Å². The molecule has 0 saturated heterocycles. The van der Waals surface area contributed by atoms with Crippen molar-refractivity contribution in [3.05, 3.63) is 11.7 Å². The van der Waals surface area contributed by atoms with Crippen LogP contribution in [-0.2, 0) is 11.2 Å². The average molecular weight is 321 g/mol. The van der Waals surface area contributed by atoms with Crippen molar-refractivity contribution in [2.75, 3.05) is 13.1 Å². The van der Waals surface area contributed by atoms with E-state index in [9.17, 15) is 18.0 Å². The molecule has 22 heavy (non-hydrogen) atoms. The molecule has 1 rings (SSSR count). The van der Waals surface area contributed by atoms with Crippen LogP contribution in [0.1, 0.15) is 57.7 Å². The van der Waals surface area contributed by atoms with Crippen LogP contribution in [0, 0.1) is 0 Å². The Balaban J connectivity index is 2.57. The van der Waals surface area contributed by atoms with Crippen molar-refractivity contribution in [3.63, 3.8) is 0 Å². The van der Waals surface area contributed by atoms with Gasteiger partial charge in [-0.05, 0) is 6.42 Å². The van der Waals surface area contributed by atoms with E-state index in [4.69, 9.17) is 4.52 Å². The predicted molar refractivity (Wildman–Crippen MR) is 74.3 cm³/mol. The number of hydrogen-bond acceptors (Lipinski definition) is 4. The summed E-state index contributed by atoms with van der Waals surface area (Å²) in [5, 5.41) is 3.76. The summed E-state index contributed by atoms with van der Waals surface area (Å²) in [6, 6.07) is 0. The van der Waals surface area contributed by atoms with E-state index in [2.05, 4.69) is 10.1 Å². The van der Waals surface area contributed by atoms with Gasteiger partial charge < -0.3 is 9.42 Å². The van der Waals surface area contributed by atoms with Crippen molar-refractivity contribution < 1.29 is 22.5 Å². The lowest BCUT2D eigenvalue weighted by atomic mass is 10.2. The van der Waals surface area contributed by atoms with Gasteiger partial charge in [-0.15, -0.1) is 0 Å². The Morgan fingerprint density at radius 1 is 1.36 bits per heavy atom. The highest BCUT2D eigenvalue weighted by atomic mass is 19.4. The van der Waals surface area contributed by atoms with E-state index in [0.717, 1.165) is 11.3 Å². The lowest BCUT2D eigenvalue weighted by molar-refractivity contribution is -0.161. The van der Waals surface area contributed by atoms with Gasteiger partial charge in [0, 0.05) is 25.3 Å². The lowest BCUT2D eigenvalue weighted by Crippen LogP contribution is -2.39. The maximum atomic E-state index is 12.5. The van der Waals surface area contributed by atoms with Gasteiger partial charge in [0.05, 0.1) is 0 Å². The quantitative estimate of drug-likeness (QED) is 0.737. The summed E-state index contributed by atoms with van der Waals surface area (Å²) in [6.45, 7) is 4.55. The Morgan fingerprint density at radius 3 is 2.55 bits per heavy atom. The molecule has 0 aliphatic carbocycles. The number of nitrogens with zero attached hydrogens (tertiary/aromatic N) is 3. The van der Waals surface area contributed by atoms with Crippen LogP contribution >= 0.6 is 0 Å². The van der Waals surface area contributed by atoms with Crippen LogP contribution in [0.25, 0.3) is 0 Å². The topological polar surface area (TPSA) is 59.2 Å². The number of aryl methyl sites for hydroxylation is 1. The second-order valence-electron chi connectivity index (χ2n) is 5.49. The van der Waals surface area contributed by atoms with Gasteiger partial charge in [0.15, 0.2) is 5.82 Å². The first-order valence-corrected chi connectivity index (χ1v) is 7.40. The molecule has 0 N–H and O–H groups in total. The standard InChI is InChI=1S/C14H22F3N3O2/c1-4-5-8-20(9-14(15,16)17)12(21)7-6-11-18-13(10(2)3)19-22-11/h10H,4-9H2,1-3H3. The zero-order valence-corrected chi connectivity index (χ0v) is 13.1. The van der Waals surface area contributed by atoms with Crippen molar-refractivity contribution in [2.24, 2.45) is 0 Å². The van der Waals surface area contributed by atoms with Crippen LogP contribution in [0.15, 0.2) is 4.52 Å². The minimum Gasteiger partial charge on any atom is -0.339 e. The molecule has 5 nitrogen and oxygen atoms in total. The predicted octanol–water partition coefficient (Wildman–Crippen LogP) is 3.32. The summed E-state index contributed by atoms with van der Waals surface area (Å²) in [4.78, 5) is 16.9. The van der Waals surface area contributed by atoms with Crippen LogP contribution in [0.3, 0.4) is 0 Å². The van der Waals surface area contributed by atoms with Crippen LogP contribution in [0.2, 0.25) is 0 Å². The number of rotatable bonds is 8. The Morgan fingerprint density at radius 2 is 2.05 bits per heavy atom. The number of amides is 1. The first-order valence-electron chi connectivity index (χ1n) is 7.40. The highest BCUT2D eigenvalue weighted by Crippen LogP contribution is 2.18. The van der Waals surface area contributed by atoms with Crippen LogP contribution in [0.4, 0.5) is 13.2 Å². The SMILES string of the molecule is CCCCN(CC(F)(F)F)C(=O)CCc1nc(C(C)C)no1. The number of carbonyl (C=O) groups excluding carboxylic acids is 1. The summed E-state index contributed by atoms with van der Waals surface area (Å²) >= 11 is 0. The average Bonchev–Trinajstić information content (AvgIpc) is 2.88. The summed E-state index contributed by atoms with van der Waals surface area (Å²) in [6.07, 6.45) is -3.04. The Bertz CT molecular complexity index is 472. The number of alkyl halides is 3. The van der Waals surface area contributed by atoms with Crippen molar-refractivity contribution >= 4 is 5.91 Å². The van der Waals surface area contributed by atoms with Crippen LogP contribution in [0.5, 0.6) is 0 Å². The molecule has 1 amide bonds. The van der Waals surface area contributed by atoms with Crippen LogP contribution in [-0.4, -0.2) is 40.2 Å². The van der Waals surface area contributed by atoms with E-state index in [0.29, 0.717) is 12.2 Å². The van der Waals surface area contributed by atoms with Crippen molar-refractivity contribution in [1.82, 2.24) is 15.0 Å². The van der Waals surface area contributed by atoms with E-state index < -0.39 is 18.6 Å². The highest BCUT2D eigenvalue weighted by Gasteiger charge is 2.32. The van der Waals surface area contributed by atoms with Gasteiger partial charge in [-0.3, -0.25) is 4.79 Å². The fourth-order valence-corrected chi connectivity index (χ4v) is 1.83. The number of hydrogen-bond donors (Lipinski definition) is 0. The van der Waals surface area contributed by atoms with E-state index in [1.54, 1.807) is 0 Å². The first kappa shape index (κ1) is 18.4. The number of carbonyl (C=O) groups is 1. The molecule has 1 aromatic heterocycles. The number of aromatic nitrogens is 2. The summed E-state index contributed by atoms with van der Waals surface area (Å²) in [5.41, 5.74) is 0. The number of halogens is 3. The second kappa shape index (κ2) is 8.14. The molecule has 0 atom stereocenters. The van der Waals surface area contributed by atoms with E-state index in [1.807, 2.05) is 20.8 Å². The molecule has 1 heterocycles. The summed E-state index contributed by atoms with van der Waals surface area (Å²) in [5.74, 6) is 0.356. The van der Waals surface area contributed by atoms with Gasteiger partial charge in [0.25, 0.3) is 0 Å². The van der Waals surface area contributed by atoms with Gasteiger partial charge in [-0.2, -0.15) is 18.2 Å². The van der Waals surface area contributed by atoms with Gasteiger partial charge in [0.1, 0.15) is 6.54 Å². The molecule has 0 saturated carbocycles. The molecule has 8 heteroatoms. The molecule has 0 aliphatic rings. The highest BCUT2D eigenvalue weighted by molar-refractivity contribution is 5.76. The minimum atomic E-state index is -4.39. The smallest absolute Gasteiger partial charge is 0.339 e. The summed E-state index contributed by atoms with van der Waals surface area (Å²) in [7, 11) is 0. The Kier molecular flexibility index (Phi) is 6.83. The molecular formula is C14H22F3N3O2. The normalized spacial score (nSPS) is 12.0. The van der Waals surface area contributed by atoms with E-state index >= 15 is 0 Å². The molecule has 0 unspecified atom stereocenters. The fraction of sp³-hybridized carbons (Fsp3) is 0.786. The zero-order valence-electron chi connectivity index (χ0n) is 13.1. The second-order valence-corrected chi connectivity index (χ2v) is 5.49. The van der Waals surface area contributed by atoms with Gasteiger partial charge >= 0.3 is 6.18 Å². The molecule has 0 spiro atoms. The fourth-order valence-electron chi connectivity index (χ4n) is 1.83. The molecule has 0 radical (unpaired) electrons. The van der Waals surface area contributed by atoms with Crippen molar-refractivity contribution in [2.45, 2.75) is 58.5 Å². The first-order chi connectivity index (χ1) is 10.2. The minimum absolute atomic E-state index is 0.0699. The summed E-state index contributed by atoms with van der Waals surface area (Å²) < 4.78 is 42.5. The molecule has 0 aliphatic heterocycles. The lowest BCUT2D eigenvalue weighted by Gasteiger charge is -2.23. The monoisotopic (exact) mass is 321 g/mol. The molecule has 126 valence electrons. The maximum Gasteiger partial charge on any atom is 0.406 e. The molecule has 0 bridgehead atoms. The van der Waals surface area contributed by atoms with Gasteiger partial charge in [0.2, 0.25) is 11.8 Å². The molecular weight excluding hydrogens is 299 g/mol. The zero-order chi connectivity index (χ0) is 16.8. The maximum absolute atomic E-state index is 12.5. The van der Waals surface area contributed by atoms with Gasteiger partial charge in [-0.1, -0.05) is 32.3 Å². The number of unbranched alkanes of at least 4 members (excludes halogenated alkanes) is 1. The molecule has 1 aromatic rings. The van der Waals surface area contributed by atoms with Crippen molar-refractivity contribution in [3.8, 4) is 0 Å². The van der Waals surface area contributed by atoms with E-state index in [1.165, 1.54) is 0 Å².